The summed E-state index contributed by atoms with van der Waals surface area (Å²) >= 11 is 0. The van der Waals surface area contributed by atoms with Crippen LogP contribution in [0.2, 0.25) is 0 Å². The van der Waals surface area contributed by atoms with Crippen LogP contribution in [0.4, 0.5) is 5.82 Å². The van der Waals surface area contributed by atoms with Crippen LogP contribution in [0, 0.1) is 11.3 Å². The molecule has 1 fully saturated rings. The molecule has 23 heavy (non-hydrogen) atoms. The molecule has 2 aromatic rings. The largest absolute Gasteiger partial charge is 0.358 e. The molecular formula is C17H18N4O2. The van der Waals surface area contributed by atoms with Crippen LogP contribution in [0.25, 0.3) is 0 Å². The second-order valence-electron chi connectivity index (χ2n) is 5.80. The van der Waals surface area contributed by atoms with Gasteiger partial charge in [-0.25, -0.2) is 4.79 Å². The Morgan fingerprint density at radius 2 is 1.83 bits per heavy atom. The van der Waals surface area contributed by atoms with Crippen molar-refractivity contribution in [1.29, 1.82) is 5.26 Å². The van der Waals surface area contributed by atoms with Gasteiger partial charge in [-0.05, 0) is 30.5 Å². The van der Waals surface area contributed by atoms with Gasteiger partial charge < -0.3 is 4.90 Å². The van der Waals surface area contributed by atoms with Crippen LogP contribution in [0.15, 0.2) is 33.9 Å². The zero-order chi connectivity index (χ0) is 16.4. The third-order valence-corrected chi connectivity index (χ3v) is 4.26. The molecular weight excluding hydrogens is 292 g/mol. The van der Waals surface area contributed by atoms with Gasteiger partial charge in [0.1, 0.15) is 5.82 Å². The Hall–Kier alpha value is -2.81. The fraction of sp³-hybridized carbons (Fsp3) is 0.353. The summed E-state index contributed by atoms with van der Waals surface area (Å²) in [5.74, 6) is 0.639. The molecule has 0 unspecified atom stereocenters. The second-order valence-corrected chi connectivity index (χ2v) is 5.80. The second kappa shape index (κ2) is 6.13. The van der Waals surface area contributed by atoms with Gasteiger partial charge in [-0.1, -0.05) is 12.1 Å². The third kappa shape index (κ3) is 2.90. The summed E-state index contributed by atoms with van der Waals surface area (Å²) in [6.07, 6.45) is 2.56. The van der Waals surface area contributed by atoms with E-state index in [-0.39, 0.29) is 11.2 Å². The molecule has 1 N–H and O–H groups in total. The molecule has 0 amide bonds. The third-order valence-electron chi connectivity index (χ3n) is 4.26. The van der Waals surface area contributed by atoms with Crippen LogP contribution in [-0.2, 0) is 13.5 Å². The van der Waals surface area contributed by atoms with Gasteiger partial charge in [0.2, 0.25) is 0 Å². The highest BCUT2D eigenvalue weighted by Crippen LogP contribution is 2.21. The lowest BCUT2D eigenvalue weighted by atomic mass is 10.0. The molecule has 0 saturated carbocycles. The number of nitrogens with one attached hydrogen (secondary N) is 1. The molecule has 6 heteroatoms. The van der Waals surface area contributed by atoms with Crippen LogP contribution >= 0.6 is 0 Å². The van der Waals surface area contributed by atoms with E-state index in [0.717, 1.165) is 36.1 Å². The van der Waals surface area contributed by atoms with Crippen LogP contribution < -0.4 is 16.1 Å². The number of hydrogen-bond acceptors (Lipinski definition) is 4. The van der Waals surface area contributed by atoms with Crippen LogP contribution in [0.3, 0.4) is 0 Å². The highest BCUT2D eigenvalue weighted by atomic mass is 16.2. The predicted molar refractivity (Wildman–Crippen MR) is 87.7 cm³/mol. The lowest BCUT2D eigenvalue weighted by Crippen LogP contribution is -2.38. The van der Waals surface area contributed by atoms with Crippen LogP contribution in [0.5, 0.6) is 0 Å². The fourth-order valence-electron chi connectivity index (χ4n) is 2.93. The topological polar surface area (TPSA) is 81.9 Å². The first kappa shape index (κ1) is 15.1. The molecule has 1 saturated heterocycles. The van der Waals surface area contributed by atoms with Crippen LogP contribution in [-0.4, -0.2) is 22.6 Å². The lowest BCUT2D eigenvalue weighted by Gasteiger charge is -2.20. The summed E-state index contributed by atoms with van der Waals surface area (Å²) in [7, 11) is 1.48. The van der Waals surface area contributed by atoms with Gasteiger partial charge in [0.15, 0.2) is 0 Å². The van der Waals surface area contributed by atoms with E-state index in [1.807, 2.05) is 12.1 Å². The molecule has 1 aliphatic heterocycles. The average Bonchev–Trinajstić information content (AvgIpc) is 3.10. The number of aromatic amines is 1. The molecule has 1 aromatic carbocycles. The number of hydrogen-bond donors (Lipinski definition) is 1. The Morgan fingerprint density at radius 1 is 1.17 bits per heavy atom. The number of rotatable bonds is 3. The van der Waals surface area contributed by atoms with Crippen LogP contribution in [0.1, 0.15) is 29.5 Å². The number of aromatic nitrogens is 2. The monoisotopic (exact) mass is 310 g/mol. The van der Waals surface area contributed by atoms with Crippen molar-refractivity contribution in [2.75, 3.05) is 18.0 Å². The van der Waals surface area contributed by atoms with Crippen molar-refractivity contribution < 1.29 is 0 Å². The van der Waals surface area contributed by atoms with E-state index in [9.17, 15) is 9.59 Å². The highest BCUT2D eigenvalue weighted by molar-refractivity contribution is 5.48. The smallest absolute Gasteiger partial charge is 0.329 e. The van der Waals surface area contributed by atoms with E-state index in [4.69, 9.17) is 5.26 Å². The predicted octanol–water partition coefficient (Wildman–Crippen LogP) is 1.14. The molecule has 3 rings (SSSR count). The van der Waals surface area contributed by atoms with E-state index in [2.05, 4.69) is 16.0 Å². The number of nitrogens with zero attached hydrogens (tertiary/aromatic N) is 3. The van der Waals surface area contributed by atoms with E-state index in [1.54, 1.807) is 12.1 Å². The molecule has 0 atom stereocenters. The fourth-order valence-corrected chi connectivity index (χ4v) is 2.93. The van der Waals surface area contributed by atoms with Crippen molar-refractivity contribution in [3.05, 3.63) is 61.8 Å². The quantitative estimate of drug-likeness (QED) is 0.921. The van der Waals surface area contributed by atoms with Gasteiger partial charge in [0.05, 0.1) is 17.2 Å². The van der Waals surface area contributed by atoms with E-state index in [1.165, 1.54) is 7.05 Å². The van der Waals surface area contributed by atoms with Gasteiger partial charge >= 0.3 is 5.69 Å². The minimum Gasteiger partial charge on any atom is -0.358 e. The first-order valence-electron chi connectivity index (χ1n) is 7.66. The first-order valence-corrected chi connectivity index (χ1v) is 7.66. The number of nitriles is 1. The molecule has 0 aliphatic carbocycles. The van der Waals surface area contributed by atoms with Crippen molar-refractivity contribution in [2.45, 2.75) is 19.3 Å². The van der Waals surface area contributed by atoms with Gasteiger partial charge in [-0.2, -0.15) is 5.26 Å². The van der Waals surface area contributed by atoms with E-state index < -0.39 is 0 Å². The summed E-state index contributed by atoms with van der Waals surface area (Å²) in [6.45, 7) is 1.70. The number of H-pyrrole nitrogens is 1. The zero-order valence-electron chi connectivity index (χ0n) is 13.0. The summed E-state index contributed by atoms with van der Waals surface area (Å²) in [6, 6.07) is 9.24. The molecule has 1 aliphatic rings. The Kier molecular flexibility index (Phi) is 4.02. The molecule has 2 heterocycles. The van der Waals surface area contributed by atoms with Crippen molar-refractivity contribution in [3.8, 4) is 6.07 Å². The first-order chi connectivity index (χ1) is 11.1. The van der Waals surface area contributed by atoms with Gasteiger partial charge in [0, 0.05) is 26.6 Å². The molecule has 118 valence electrons. The maximum absolute atomic E-state index is 12.6. The van der Waals surface area contributed by atoms with E-state index in [0.29, 0.717) is 23.4 Å². The average molecular weight is 310 g/mol. The van der Waals surface area contributed by atoms with Crippen molar-refractivity contribution in [3.63, 3.8) is 0 Å². The minimum absolute atomic E-state index is 0.264. The Morgan fingerprint density at radius 3 is 2.43 bits per heavy atom. The SMILES string of the molecule is Cn1c(=O)[nH]c(N2CCCC2)c(Cc2ccc(C#N)cc2)c1=O. The standard InChI is InChI=1S/C17H18N4O2/c1-20-16(22)14(10-12-4-6-13(11-18)7-5-12)15(19-17(20)23)21-8-2-3-9-21/h4-7H,2-3,8-10H2,1H3,(H,19,23). The Bertz CT molecular complexity index is 865. The highest BCUT2D eigenvalue weighted by Gasteiger charge is 2.20. The lowest BCUT2D eigenvalue weighted by molar-refractivity contribution is 0.745. The molecule has 0 radical (unpaired) electrons. The van der Waals surface area contributed by atoms with E-state index >= 15 is 0 Å². The maximum Gasteiger partial charge on any atom is 0.329 e. The minimum atomic E-state index is -0.388. The Labute approximate surface area is 133 Å². The van der Waals surface area contributed by atoms with Gasteiger partial charge in [-0.3, -0.25) is 14.3 Å². The summed E-state index contributed by atoms with van der Waals surface area (Å²) in [5.41, 5.74) is 1.47. The molecule has 0 spiro atoms. The number of anilines is 1. The van der Waals surface area contributed by atoms with Crippen molar-refractivity contribution in [1.82, 2.24) is 9.55 Å². The van der Waals surface area contributed by atoms with Crippen molar-refractivity contribution in [2.24, 2.45) is 7.05 Å². The summed E-state index contributed by atoms with van der Waals surface area (Å²) < 4.78 is 1.11. The number of benzene rings is 1. The summed E-state index contributed by atoms with van der Waals surface area (Å²) in [4.78, 5) is 29.4. The molecule has 6 nitrogen and oxygen atoms in total. The van der Waals surface area contributed by atoms with Gasteiger partial charge in [-0.15, -0.1) is 0 Å². The maximum atomic E-state index is 12.6. The Balaban J connectivity index is 2.05. The summed E-state index contributed by atoms with van der Waals surface area (Å²) in [5, 5.41) is 8.87. The molecule has 1 aromatic heterocycles. The molecule has 0 bridgehead atoms. The zero-order valence-corrected chi connectivity index (χ0v) is 13.0. The van der Waals surface area contributed by atoms with Crippen molar-refractivity contribution >= 4 is 5.82 Å². The normalized spacial score (nSPS) is 14.0. The van der Waals surface area contributed by atoms with Gasteiger partial charge in [0.25, 0.3) is 5.56 Å².